The Morgan fingerprint density at radius 2 is 1.61 bits per heavy atom. The molecule has 0 saturated carbocycles. The Bertz CT molecular complexity index is 1300. The third kappa shape index (κ3) is 3.58. The number of halogens is 2. The Morgan fingerprint density at radius 3 is 2.26 bits per heavy atom. The normalized spacial score (nSPS) is 12.2. The lowest BCUT2D eigenvalue weighted by molar-refractivity contribution is -0.385. The maximum Gasteiger partial charge on any atom is 0.345 e. The van der Waals surface area contributed by atoms with Crippen LogP contribution in [0.25, 0.3) is 0 Å². The minimum atomic E-state index is -1.03. The van der Waals surface area contributed by atoms with Crippen LogP contribution in [0, 0.1) is 10.1 Å². The van der Waals surface area contributed by atoms with Crippen molar-refractivity contribution in [3.63, 3.8) is 0 Å². The fourth-order valence-corrected chi connectivity index (χ4v) is 3.85. The molecule has 0 amide bonds. The van der Waals surface area contributed by atoms with Crippen LogP contribution in [0.15, 0.2) is 54.6 Å². The molecule has 4 rings (SSSR count). The maximum atomic E-state index is 13.0. The maximum absolute atomic E-state index is 13.0. The van der Waals surface area contributed by atoms with Crippen LogP contribution in [0.1, 0.15) is 47.8 Å². The number of fused-ring (bicyclic) bond motifs is 2. The third-order valence-corrected chi connectivity index (χ3v) is 5.43. The number of esters is 1. The summed E-state index contributed by atoms with van der Waals surface area (Å²) < 4.78 is 5.18. The highest BCUT2D eigenvalue weighted by Gasteiger charge is 2.39. The first kappa shape index (κ1) is 20.7. The topological polar surface area (TPSA) is 104 Å². The van der Waals surface area contributed by atoms with Gasteiger partial charge in [0.05, 0.1) is 4.92 Å². The van der Waals surface area contributed by atoms with Gasteiger partial charge in [0, 0.05) is 32.3 Å². The second kappa shape index (κ2) is 7.94. The molecule has 1 aliphatic carbocycles. The molecule has 0 fully saturated rings. The SMILES string of the molecule is O=C1c2ccccc2C(=O)c2c1ccc(C(=O)OCc1ccc(Cl)cc1Cl)c2[N+](=O)[O-]. The summed E-state index contributed by atoms with van der Waals surface area (Å²) in [6.07, 6.45) is 0. The first-order chi connectivity index (χ1) is 14.8. The van der Waals surface area contributed by atoms with Crippen molar-refractivity contribution in [2.45, 2.75) is 6.61 Å². The molecule has 0 aliphatic heterocycles. The number of ether oxygens (including phenoxy) is 1. The highest BCUT2D eigenvalue weighted by Crippen LogP contribution is 2.36. The number of benzene rings is 3. The molecule has 0 aromatic heterocycles. The molecule has 7 nitrogen and oxygen atoms in total. The number of hydrogen-bond donors (Lipinski definition) is 0. The Kier molecular flexibility index (Phi) is 5.31. The summed E-state index contributed by atoms with van der Waals surface area (Å²) in [4.78, 5) is 49.4. The average Bonchev–Trinajstić information content (AvgIpc) is 2.75. The smallest absolute Gasteiger partial charge is 0.345 e. The van der Waals surface area contributed by atoms with E-state index in [0.29, 0.717) is 10.6 Å². The monoisotopic (exact) mass is 455 g/mol. The summed E-state index contributed by atoms with van der Waals surface area (Å²) in [5.74, 6) is -2.26. The van der Waals surface area contributed by atoms with Gasteiger partial charge in [-0.1, -0.05) is 53.5 Å². The molecule has 1 aliphatic rings. The van der Waals surface area contributed by atoms with E-state index in [1.54, 1.807) is 24.3 Å². The van der Waals surface area contributed by atoms with Gasteiger partial charge in [0.2, 0.25) is 5.78 Å². The molecule has 31 heavy (non-hydrogen) atoms. The van der Waals surface area contributed by atoms with Gasteiger partial charge in [-0.05, 0) is 24.3 Å². The minimum Gasteiger partial charge on any atom is -0.457 e. The molecular formula is C22H11Cl2NO6. The number of carbonyl (C=O) groups excluding carboxylic acids is 3. The van der Waals surface area contributed by atoms with E-state index in [1.807, 2.05) is 0 Å². The van der Waals surface area contributed by atoms with Gasteiger partial charge in [-0.3, -0.25) is 19.7 Å². The van der Waals surface area contributed by atoms with Crippen molar-refractivity contribution >= 4 is 46.4 Å². The van der Waals surface area contributed by atoms with Gasteiger partial charge in [0.15, 0.2) is 5.78 Å². The first-order valence-electron chi connectivity index (χ1n) is 8.90. The molecule has 0 bridgehead atoms. The molecular weight excluding hydrogens is 445 g/mol. The van der Waals surface area contributed by atoms with Crippen molar-refractivity contribution in [2.75, 3.05) is 0 Å². The molecule has 3 aromatic carbocycles. The van der Waals surface area contributed by atoms with Crippen LogP contribution >= 0.6 is 23.2 Å². The fraction of sp³-hybridized carbons (Fsp3) is 0.0455. The largest absolute Gasteiger partial charge is 0.457 e. The van der Waals surface area contributed by atoms with Gasteiger partial charge < -0.3 is 4.74 Å². The summed E-state index contributed by atoms with van der Waals surface area (Å²) in [6.45, 7) is -0.265. The summed E-state index contributed by atoms with van der Waals surface area (Å²) >= 11 is 11.9. The molecule has 9 heteroatoms. The van der Waals surface area contributed by atoms with E-state index in [1.165, 1.54) is 24.3 Å². The predicted molar refractivity (Wildman–Crippen MR) is 112 cm³/mol. The summed E-state index contributed by atoms with van der Waals surface area (Å²) in [7, 11) is 0. The Balaban J connectivity index is 1.74. The summed E-state index contributed by atoms with van der Waals surface area (Å²) in [6, 6.07) is 12.9. The van der Waals surface area contributed by atoms with E-state index in [0.717, 1.165) is 6.07 Å². The van der Waals surface area contributed by atoms with Crippen molar-refractivity contribution in [1.29, 1.82) is 0 Å². The van der Waals surface area contributed by atoms with Crippen LogP contribution in [0.4, 0.5) is 5.69 Å². The number of hydrogen-bond acceptors (Lipinski definition) is 6. The van der Waals surface area contributed by atoms with Crippen molar-refractivity contribution in [3.05, 3.63) is 108 Å². The second-order valence-corrected chi connectivity index (χ2v) is 7.50. The van der Waals surface area contributed by atoms with E-state index in [9.17, 15) is 24.5 Å². The molecule has 0 saturated heterocycles. The molecule has 0 unspecified atom stereocenters. The zero-order valence-corrected chi connectivity index (χ0v) is 17.1. The number of rotatable bonds is 4. The second-order valence-electron chi connectivity index (χ2n) is 6.66. The van der Waals surface area contributed by atoms with Crippen molar-refractivity contribution in [1.82, 2.24) is 0 Å². The standard InChI is InChI=1S/C22H11Cl2NO6/c23-12-6-5-11(17(24)9-12)10-31-22(28)16-8-7-15-18(19(16)25(29)30)21(27)14-4-2-1-3-13(14)20(15)26/h1-9H,10H2. The lowest BCUT2D eigenvalue weighted by Crippen LogP contribution is -2.23. The van der Waals surface area contributed by atoms with Crippen LogP contribution in [0.2, 0.25) is 10.0 Å². The van der Waals surface area contributed by atoms with Gasteiger partial charge in [-0.15, -0.1) is 0 Å². The van der Waals surface area contributed by atoms with Crippen LogP contribution in [0.5, 0.6) is 0 Å². The zero-order valence-electron chi connectivity index (χ0n) is 15.6. The number of nitrogens with zero attached hydrogens (tertiary/aromatic N) is 1. The van der Waals surface area contributed by atoms with Crippen LogP contribution < -0.4 is 0 Å². The number of nitro groups is 1. The van der Waals surface area contributed by atoms with E-state index in [2.05, 4.69) is 0 Å². The van der Waals surface area contributed by atoms with Gasteiger partial charge >= 0.3 is 5.97 Å². The fourth-order valence-electron chi connectivity index (χ4n) is 3.38. The van der Waals surface area contributed by atoms with E-state index in [-0.39, 0.29) is 28.3 Å². The Labute approximate surface area is 185 Å². The van der Waals surface area contributed by atoms with Crippen molar-refractivity contribution in [2.24, 2.45) is 0 Å². The molecule has 154 valence electrons. The molecule has 0 heterocycles. The lowest BCUT2D eigenvalue weighted by atomic mass is 9.82. The number of carbonyl (C=O) groups is 3. The minimum absolute atomic E-state index is 0.0431. The summed E-state index contributed by atoms with van der Waals surface area (Å²) in [5, 5.41) is 12.5. The van der Waals surface area contributed by atoms with Crippen molar-refractivity contribution in [3.8, 4) is 0 Å². The van der Waals surface area contributed by atoms with Gasteiger partial charge in [0.25, 0.3) is 5.69 Å². The molecule has 3 aromatic rings. The average molecular weight is 456 g/mol. The highest BCUT2D eigenvalue weighted by molar-refractivity contribution is 6.35. The first-order valence-corrected chi connectivity index (χ1v) is 9.66. The van der Waals surface area contributed by atoms with Gasteiger partial charge in [-0.2, -0.15) is 0 Å². The Hall–Kier alpha value is -3.55. The van der Waals surface area contributed by atoms with Gasteiger partial charge in [0.1, 0.15) is 17.7 Å². The Morgan fingerprint density at radius 1 is 0.935 bits per heavy atom. The van der Waals surface area contributed by atoms with Crippen LogP contribution in [-0.2, 0) is 11.3 Å². The number of ketones is 2. The molecule has 0 spiro atoms. The lowest BCUT2D eigenvalue weighted by Gasteiger charge is -2.18. The zero-order chi connectivity index (χ0) is 22.3. The number of nitro benzene ring substituents is 1. The highest BCUT2D eigenvalue weighted by atomic mass is 35.5. The van der Waals surface area contributed by atoms with Crippen LogP contribution in [-0.4, -0.2) is 22.5 Å². The van der Waals surface area contributed by atoms with E-state index < -0.39 is 39.3 Å². The molecule has 0 N–H and O–H groups in total. The third-order valence-electron chi connectivity index (χ3n) is 4.84. The van der Waals surface area contributed by atoms with E-state index in [4.69, 9.17) is 27.9 Å². The van der Waals surface area contributed by atoms with Crippen LogP contribution in [0.3, 0.4) is 0 Å². The molecule has 0 radical (unpaired) electrons. The van der Waals surface area contributed by atoms with Gasteiger partial charge in [-0.25, -0.2) is 4.79 Å². The van der Waals surface area contributed by atoms with Crippen molar-refractivity contribution < 1.29 is 24.0 Å². The quantitative estimate of drug-likeness (QED) is 0.242. The predicted octanol–water partition coefficient (Wildman–Crippen LogP) is 5.03. The van der Waals surface area contributed by atoms with E-state index >= 15 is 0 Å². The summed E-state index contributed by atoms with van der Waals surface area (Å²) in [5.41, 5.74) is -1.11. The molecule has 0 atom stereocenters.